The molecule has 13 heavy (non-hydrogen) atoms. The van der Waals surface area contributed by atoms with Crippen molar-refractivity contribution < 1.29 is 14.6 Å². The molecule has 3 nitrogen and oxygen atoms in total. The molecule has 0 aromatic rings. The second-order valence-electron chi connectivity index (χ2n) is 4.01. The number of rotatable bonds is 3. The molecule has 0 bridgehead atoms. The molecule has 1 N–H and O–H groups in total. The molecule has 2 aliphatic rings. The molecule has 2 fully saturated rings. The molecule has 0 aromatic carbocycles. The lowest BCUT2D eigenvalue weighted by Crippen LogP contribution is -2.27. The van der Waals surface area contributed by atoms with Gasteiger partial charge in [-0.3, -0.25) is 0 Å². The Labute approximate surface area is 79.0 Å². The normalized spacial score (nSPS) is 39.9. The van der Waals surface area contributed by atoms with Gasteiger partial charge in [-0.1, -0.05) is 0 Å². The van der Waals surface area contributed by atoms with E-state index in [1.165, 1.54) is 0 Å². The summed E-state index contributed by atoms with van der Waals surface area (Å²) < 4.78 is 11.1. The van der Waals surface area contributed by atoms with E-state index < -0.39 is 0 Å². The fraction of sp³-hybridized carbons (Fsp3) is 1.00. The van der Waals surface area contributed by atoms with Gasteiger partial charge in [0.1, 0.15) is 0 Å². The topological polar surface area (TPSA) is 38.7 Å². The standard InChI is InChI=1S/C10H18O3/c11-9-4-1-5-10(9)13-7-8-3-2-6-12-8/h8-11H,1-7H2. The average molecular weight is 186 g/mol. The number of ether oxygens (including phenoxy) is 2. The molecule has 1 saturated carbocycles. The van der Waals surface area contributed by atoms with Crippen LogP contribution in [0.2, 0.25) is 0 Å². The summed E-state index contributed by atoms with van der Waals surface area (Å²) in [5.74, 6) is 0. The van der Waals surface area contributed by atoms with Gasteiger partial charge >= 0.3 is 0 Å². The van der Waals surface area contributed by atoms with E-state index >= 15 is 0 Å². The van der Waals surface area contributed by atoms with Crippen LogP contribution in [0.1, 0.15) is 32.1 Å². The Morgan fingerprint density at radius 3 is 2.77 bits per heavy atom. The van der Waals surface area contributed by atoms with Crippen LogP contribution in [-0.2, 0) is 9.47 Å². The van der Waals surface area contributed by atoms with Crippen molar-refractivity contribution in [2.75, 3.05) is 13.2 Å². The van der Waals surface area contributed by atoms with Crippen LogP contribution >= 0.6 is 0 Å². The Kier molecular flexibility index (Phi) is 3.19. The molecule has 0 radical (unpaired) electrons. The lowest BCUT2D eigenvalue weighted by molar-refractivity contribution is -0.0574. The Morgan fingerprint density at radius 2 is 2.15 bits per heavy atom. The summed E-state index contributed by atoms with van der Waals surface area (Å²) in [7, 11) is 0. The van der Waals surface area contributed by atoms with E-state index in [-0.39, 0.29) is 18.3 Å². The van der Waals surface area contributed by atoms with Crippen LogP contribution in [0.15, 0.2) is 0 Å². The summed E-state index contributed by atoms with van der Waals surface area (Å²) in [6.07, 6.45) is 5.39. The van der Waals surface area contributed by atoms with Gasteiger partial charge in [0.15, 0.2) is 0 Å². The van der Waals surface area contributed by atoms with Crippen LogP contribution in [0.4, 0.5) is 0 Å². The van der Waals surface area contributed by atoms with E-state index in [0.717, 1.165) is 38.7 Å². The van der Waals surface area contributed by atoms with Crippen molar-refractivity contribution in [1.82, 2.24) is 0 Å². The van der Waals surface area contributed by atoms with Gasteiger partial charge in [-0.15, -0.1) is 0 Å². The third kappa shape index (κ3) is 2.42. The van der Waals surface area contributed by atoms with Gasteiger partial charge in [-0.25, -0.2) is 0 Å². The van der Waals surface area contributed by atoms with Crippen molar-refractivity contribution in [3.63, 3.8) is 0 Å². The molecule has 0 aromatic heterocycles. The second kappa shape index (κ2) is 4.40. The highest BCUT2D eigenvalue weighted by Crippen LogP contribution is 2.23. The lowest BCUT2D eigenvalue weighted by atomic mass is 10.2. The fourth-order valence-corrected chi connectivity index (χ4v) is 2.11. The Bertz CT molecular complexity index is 154. The van der Waals surface area contributed by atoms with Crippen LogP contribution in [0.3, 0.4) is 0 Å². The molecule has 2 rings (SSSR count). The maximum Gasteiger partial charge on any atom is 0.0835 e. The lowest BCUT2D eigenvalue weighted by Gasteiger charge is -2.18. The number of hydrogen-bond donors (Lipinski definition) is 1. The molecule has 76 valence electrons. The van der Waals surface area contributed by atoms with E-state index in [1.54, 1.807) is 0 Å². The smallest absolute Gasteiger partial charge is 0.0835 e. The average Bonchev–Trinajstić information content (AvgIpc) is 2.72. The van der Waals surface area contributed by atoms with E-state index in [0.29, 0.717) is 6.61 Å². The molecule has 1 aliphatic heterocycles. The van der Waals surface area contributed by atoms with Crippen LogP contribution < -0.4 is 0 Å². The third-order valence-electron chi connectivity index (χ3n) is 2.94. The molecule has 0 spiro atoms. The van der Waals surface area contributed by atoms with Crippen LogP contribution in [-0.4, -0.2) is 36.6 Å². The maximum absolute atomic E-state index is 9.50. The summed E-state index contributed by atoms with van der Waals surface area (Å²) in [5, 5.41) is 9.50. The van der Waals surface area contributed by atoms with Crippen molar-refractivity contribution in [3.8, 4) is 0 Å². The Morgan fingerprint density at radius 1 is 1.23 bits per heavy atom. The highest BCUT2D eigenvalue weighted by Gasteiger charge is 2.27. The first-order chi connectivity index (χ1) is 6.36. The van der Waals surface area contributed by atoms with Crippen molar-refractivity contribution in [2.24, 2.45) is 0 Å². The molecule has 1 heterocycles. The van der Waals surface area contributed by atoms with Gasteiger partial charge in [0.05, 0.1) is 24.9 Å². The highest BCUT2D eigenvalue weighted by molar-refractivity contribution is 4.77. The number of aliphatic hydroxyl groups is 1. The zero-order valence-corrected chi connectivity index (χ0v) is 7.95. The van der Waals surface area contributed by atoms with Crippen molar-refractivity contribution in [1.29, 1.82) is 0 Å². The first-order valence-corrected chi connectivity index (χ1v) is 5.27. The quantitative estimate of drug-likeness (QED) is 0.717. The highest BCUT2D eigenvalue weighted by atomic mass is 16.5. The summed E-state index contributed by atoms with van der Waals surface area (Å²) in [6, 6.07) is 0. The summed E-state index contributed by atoms with van der Waals surface area (Å²) >= 11 is 0. The van der Waals surface area contributed by atoms with Crippen molar-refractivity contribution in [2.45, 2.75) is 50.4 Å². The molecular formula is C10H18O3. The van der Waals surface area contributed by atoms with Gasteiger partial charge < -0.3 is 14.6 Å². The molecule has 3 unspecified atom stereocenters. The van der Waals surface area contributed by atoms with Gasteiger partial charge in [0, 0.05) is 6.61 Å². The molecule has 1 saturated heterocycles. The zero-order chi connectivity index (χ0) is 9.10. The zero-order valence-electron chi connectivity index (χ0n) is 7.95. The van der Waals surface area contributed by atoms with E-state index in [4.69, 9.17) is 9.47 Å². The van der Waals surface area contributed by atoms with Gasteiger partial charge in [0.2, 0.25) is 0 Å². The van der Waals surface area contributed by atoms with Crippen LogP contribution in [0.5, 0.6) is 0 Å². The molecular weight excluding hydrogens is 168 g/mol. The van der Waals surface area contributed by atoms with Gasteiger partial charge in [-0.2, -0.15) is 0 Å². The van der Waals surface area contributed by atoms with E-state index in [2.05, 4.69) is 0 Å². The maximum atomic E-state index is 9.50. The van der Waals surface area contributed by atoms with Gasteiger partial charge in [-0.05, 0) is 32.1 Å². The predicted molar refractivity (Wildman–Crippen MR) is 48.6 cm³/mol. The summed E-state index contributed by atoms with van der Waals surface area (Å²) in [4.78, 5) is 0. The third-order valence-corrected chi connectivity index (χ3v) is 2.94. The minimum Gasteiger partial charge on any atom is -0.390 e. The second-order valence-corrected chi connectivity index (χ2v) is 4.01. The molecule has 3 heteroatoms. The number of aliphatic hydroxyl groups excluding tert-OH is 1. The summed E-state index contributed by atoms with van der Waals surface area (Å²) in [6.45, 7) is 1.54. The van der Waals surface area contributed by atoms with Crippen molar-refractivity contribution in [3.05, 3.63) is 0 Å². The minimum atomic E-state index is -0.235. The Hall–Kier alpha value is -0.120. The van der Waals surface area contributed by atoms with Crippen molar-refractivity contribution >= 4 is 0 Å². The largest absolute Gasteiger partial charge is 0.390 e. The SMILES string of the molecule is OC1CCCC1OCC1CCCO1. The summed E-state index contributed by atoms with van der Waals surface area (Å²) in [5.41, 5.74) is 0. The predicted octanol–water partition coefficient (Wildman–Crippen LogP) is 1.10. The molecule has 1 aliphatic carbocycles. The number of hydrogen-bond acceptors (Lipinski definition) is 3. The monoisotopic (exact) mass is 186 g/mol. The fourth-order valence-electron chi connectivity index (χ4n) is 2.11. The van der Waals surface area contributed by atoms with Crippen LogP contribution in [0.25, 0.3) is 0 Å². The van der Waals surface area contributed by atoms with Crippen LogP contribution in [0, 0.1) is 0 Å². The molecule has 0 amide bonds. The Balaban J connectivity index is 1.66. The molecule has 3 atom stereocenters. The van der Waals surface area contributed by atoms with E-state index in [1.807, 2.05) is 0 Å². The first-order valence-electron chi connectivity index (χ1n) is 5.27. The first kappa shape index (κ1) is 9.44. The van der Waals surface area contributed by atoms with E-state index in [9.17, 15) is 5.11 Å². The minimum absolute atomic E-state index is 0.0733. The van der Waals surface area contributed by atoms with Gasteiger partial charge in [0.25, 0.3) is 0 Å².